The van der Waals surface area contributed by atoms with E-state index in [0.29, 0.717) is 5.92 Å². The van der Waals surface area contributed by atoms with E-state index >= 15 is 0 Å². The van der Waals surface area contributed by atoms with Gasteiger partial charge in [0.2, 0.25) is 0 Å². The van der Waals surface area contributed by atoms with Gasteiger partial charge in [-0.05, 0) is 59.6 Å². The first-order chi connectivity index (χ1) is 9.98. The highest BCUT2D eigenvalue weighted by atomic mass is 32.2. The minimum Gasteiger partial charge on any atom is -0.282 e. The molecule has 124 valence electrons. The van der Waals surface area contributed by atoms with Crippen molar-refractivity contribution in [1.29, 1.82) is 0 Å². The van der Waals surface area contributed by atoms with Gasteiger partial charge in [-0.25, -0.2) is 0 Å². The van der Waals surface area contributed by atoms with Crippen molar-refractivity contribution in [3.63, 3.8) is 0 Å². The summed E-state index contributed by atoms with van der Waals surface area (Å²) in [6.07, 6.45) is 3.57. The van der Waals surface area contributed by atoms with Gasteiger partial charge >= 0.3 is 0 Å². The molecule has 1 fully saturated rings. The van der Waals surface area contributed by atoms with Gasteiger partial charge in [-0.15, -0.1) is 0 Å². The predicted octanol–water partition coefficient (Wildman–Crippen LogP) is 4.67. The Hall–Kier alpha value is -0.870. The Morgan fingerprint density at radius 1 is 1.14 bits per heavy atom. The highest BCUT2D eigenvalue weighted by Crippen LogP contribution is 2.67. The quantitative estimate of drug-likeness (QED) is 0.773. The van der Waals surface area contributed by atoms with Crippen LogP contribution in [-0.2, 0) is 15.5 Å². The molecule has 0 radical (unpaired) electrons. The van der Waals surface area contributed by atoms with Gasteiger partial charge in [0.15, 0.2) is 0 Å². The van der Waals surface area contributed by atoms with E-state index in [4.69, 9.17) is 4.55 Å². The lowest BCUT2D eigenvalue weighted by Gasteiger charge is -2.24. The van der Waals surface area contributed by atoms with Crippen molar-refractivity contribution in [2.45, 2.75) is 64.2 Å². The van der Waals surface area contributed by atoms with Crippen LogP contribution >= 0.6 is 0 Å². The monoisotopic (exact) mass is 324 g/mol. The molecule has 1 aliphatic rings. The summed E-state index contributed by atoms with van der Waals surface area (Å²) in [5, 5.41) is 0. The molecule has 0 heterocycles. The Balaban J connectivity index is 2.13. The molecule has 0 aromatic heterocycles. The molecule has 1 N–H and O–H groups in total. The lowest BCUT2D eigenvalue weighted by Crippen LogP contribution is -2.16. The zero-order valence-corrected chi connectivity index (χ0v) is 15.1. The molecule has 0 bridgehead atoms. The van der Waals surface area contributed by atoms with Crippen molar-refractivity contribution < 1.29 is 13.0 Å². The first-order valence-corrected chi connectivity index (χ1v) is 9.50. The van der Waals surface area contributed by atoms with Crippen LogP contribution in [0.1, 0.15) is 59.4 Å². The zero-order valence-electron chi connectivity index (χ0n) is 14.3. The second-order valence-electron chi connectivity index (χ2n) is 8.01. The molecule has 0 saturated heterocycles. The van der Waals surface area contributed by atoms with Gasteiger partial charge < -0.3 is 0 Å². The topological polar surface area (TPSA) is 54.4 Å². The van der Waals surface area contributed by atoms with E-state index < -0.39 is 10.1 Å². The Morgan fingerprint density at radius 2 is 1.68 bits per heavy atom. The second kappa shape index (κ2) is 5.64. The van der Waals surface area contributed by atoms with Gasteiger partial charge in [0.25, 0.3) is 10.1 Å². The number of hydrogen-bond acceptors (Lipinski definition) is 2. The highest BCUT2D eigenvalue weighted by Gasteiger charge is 2.61. The molecule has 1 saturated carbocycles. The number of hydrogen-bond donors (Lipinski definition) is 1. The molecule has 1 aromatic carbocycles. The SMILES string of the molecule is CC(C)CC(C)CC1(C)CC1(C)c1ccc(S(=O)(=O)O)cc1. The third-order valence-corrected chi connectivity index (χ3v) is 6.28. The third kappa shape index (κ3) is 3.38. The van der Waals surface area contributed by atoms with Crippen molar-refractivity contribution >= 4 is 10.1 Å². The highest BCUT2D eigenvalue weighted by molar-refractivity contribution is 7.85. The van der Waals surface area contributed by atoms with Crippen molar-refractivity contribution in [2.24, 2.45) is 17.3 Å². The van der Waals surface area contributed by atoms with E-state index in [1.165, 1.54) is 30.5 Å². The van der Waals surface area contributed by atoms with Crippen LogP contribution in [0.25, 0.3) is 0 Å². The molecule has 0 amide bonds. The summed E-state index contributed by atoms with van der Waals surface area (Å²) < 4.78 is 31.4. The molecule has 3 unspecified atom stereocenters. The molecule has 3 atom stereocenters. The van der Waals surface area contributed by atoms with Gasteiger partial charge in [0.1, 0.15) is 0 Å². The Bertz CT molecular complexity index is 633. The lowest BCUT2D eigenvalue weighted by atomic mass is 9.81. The minimum atomic E-state index is -4.11. The average molecular weight is 324 g/mol. The van der Waals surface area contributed by atoms with E-state index in [2.05, 4.69) is 34.6 Å². The van der Waals surface area contributed by atoms with E-state index in [1.54, 1.807) is 0 Å². The lowest BCUT2D eigenvalue weighted by molar-refractivity contribution is 0.316. The maximum Gasteiger partial charge on any atom is 0.294 e. The molecule has 0 aliphatic heterocycles. The smallest absolute Gasteiger partial charge is 0.282 e. The first-order valence-electron chi connectivity index (χ1n) is 8.06. The van der Waals surface area contributed by atoms with Crippen molar-refractivity contribution in [2.75, 3.05) is 0 Å². The number of benzene rings is 1. The van der Waals surface area contributed by atoms with Crippen LogP contribution in [0.3, 0.4) is 0 Å². The molecular formula is C18H28O3S. The van der Waals surface area contributed by atoms with Crippen molar-refractivity contribution in [1.82, 2.24) is 0 Å². The maximum absolute atomic E-state index is 11.1. The second-order valence-corrected chi connectivity index (χ2v) is 9.43. The Morgan fingerprint density at radius 3 is 2.14 bits per heavy atom. The van der Waals surface area contributed by atoms with Crippen LogP contribution < -0.4 is 0 Å². The van der Waals surface area contributed by atoms with Crippen LogP contribution in [-0.4, -0.2) is 13.0 Å². The fourth-order valence-electron chi connectivity index (χ4n) is 4.14. The fourth-order valence-corrected chi connectivity index (χ4v) is 4.62. The first kappa shape index (κ1) is 17.5. The summed E-state index contributed by atoms with van der Waals surface area (Å²) in [7, 11) is -4.11. The van der Waals surface area contributed by atoms with Gasteiger partial charge in [0.05, 0.1) is 4.90 Å². The predicted molar refractivity (Wildman–Crippen MR) is 89.6 cm³/mol. The summed E-state index contributed by atoms with van der Waals surface area (Å²) in [6.45, 7) is 11.4. The van der Waals surface area contributed by atoms with Crippen LogP contribution in [0.15, 0.2) is 29.2 Å². The summed E-state index contributed by atoms with van der Waals surface area (Å²) in [5.74, 6) is 1.42. The minimum absolute atomic E-state index is 0.0321. The largest absolute Gasteiger partial charge is 0.294 e. The molecular weight excluding hydrogens is 296 g/mol. The molecule has 1 aromatic rings. The van der Waals surface area contributed by atoms with Crippen molar-refractivity contribution in [3.05, 3.63) is 29.8 Å². The van der Waals surface area contributed by atoms with Gasteiger partial charge in [-0.2, -0.15) is 8.42 Å². The molecule has 2 rings (SSSR count). The van der Waals surface area contributed by atoms with Gasteiger partial charge in [-0.1, -0.05) is 46.8 Å². The molecule has 3 nitrogen and oxygen atoms in total. The molecule has 4 heteroatoms. The number of rotatable bonds is 6. The Labute approximate surface area is 134 Å². The third-order valence-electron chi connectivity index (χ3n) is 5.41. The van der Waals surface area contributed by atoms with E-state index in [-0.39, 0.29) is 15.7 Å². The van der Waals surface area contributed by atoms with Gasteiger partial charge in [0, 0.05) is 0 Å². The van der Waals surface area contributed by atoms with Crippen LogP contribution in [0.4, 0.5) is 0 Å². The van der Waals surface area contributed by atoms with Crippen LogP contribution in [0.5, 0.6) is 0 Å². The van der Waals surface area contributed by atoms with Gasteiger partial charge in [-0.3, -0.25) is 4.55 Å². The van der Waals surface area contributed by atoms with Crippen molar-refractivity contribution in [3.8, 4) is 0 Å². The summed E-state index contributed by atoms with van der Waals surface area (Å²) in [4.78, 5) is -0.0321. The molecule has 1 aliphatic carbocycles. The van der Waals surface area contributed by atoms with E-state index in [0.717, 1.165) is 12.3 Å². The van der Waals surface area contributed by atoms with Crippen LogP contribution in [0.2, 0.25) is 0 Å². The van der Waals surface area contributed by atoms with Crippen LogP contribution in [0, 0.1) is 17.3 Å². The Kier molecular flexibility index (Phi) is 4.48. The van der Waals surface area contributed by atoms with E-state index in [1.807, 2.05) is 12.1 Å². The summed E-state index contributed by atoms with van der Waals surface area (Å²) in [5.41, 5.74) is 1.55. The zero-order chi connectivity index (χ0) is 16.8. The molecule has 22 heavy (non-hydrogen) atoms. The summed E-state index contributed by atoms with van der Waals surface area (Å²) >= 11 is 0. The normalized spacial score (nSPS) is 29.6. The van der Waals surface area contributed by atoms with E-state index in [9.17, 15) is 8.42 Å². The standard InChI is InChI=1S/C18H28O3S/c1-13(2)10-14(3)11-17(4)12-18(17,5)15-6-8-16(9-7-15)22(19,20)21/h6-9,13-14H,10-12H2,1-5H3,(H,19,20,21). The average Bonchev–Trinajstić information content (AvgIpc) is 2.90. The maximum atomic E-state index is 11.1. The summed E-state index contributed by atoms with van der Waals surface area (Å²) in [6, 6.07) is 6.71. The molecule has 0 spiro atoms. The fraction of sp³-hybridized carbons (Fsp3) is 0.667.